The molecule has 2 aromatic carbocycles. The standard InChI is InChI=1S/C23H31FN4O2/c1-3-7-21(27-23(30)26-16-18-10-12-20(24)13-11-18)22(29)25-14-15-28(2)17-19-8-5-4-6-9-19/h4-6,8-13,21H,3,7,14-17H2,1-2H3,(H,25,29)(H2,26,27,30). The summed E-state index contributed by atoms with van der Waals surface area (Å²) in [5.74, 6) is -0.515. The van der Waals surface area contributed by atoms with Gasteiger partial charge in [0.1, 0.15) is 11.9 Å². The SMILES string of the molecule is CCCC(NC(=O)NCc1ccc(F)cc1)C(=O)NCCN(C)Cc1ccccc1. The van der Waals surface area contributed by atoms with Gasteiger partial charge in [0.2, 0.25) is 5.91 Å². The fourth-order valence-corrected chi connectivity index (χ4v) is 3.02. The van der Waals surface area contributed by atoms with Crippen LogP contribution in [0.25, 0.3) is 0 Å². The maximum Gasteiger partial charge on any atom is 0.315 e. The minimum absolute atomic E-state index is 0.193. The van der Waals surface area contributed by atoms with Gasteiger partial charge in [-0.2, -0.15) is 0 Å². The Hall–Kier alpha value is -2.93. The van der Waals surface area contributed by atoms with Crippen LogP contribution in [0.1, 0.15) is 30.9 Å². The largest absolute Gasteiger partial charge is 0.353 e. The molecule has 162 valence electrons. The van der Waals surface area contributed by atoms with E-state index in [0.717, 1.165) is 18.5 Å². The number of hydrogen-bond donors (Lipinski definition) is 3. The fraction of sp³-hybridized carbons (Fsp3) is 0.391. The Balaban J connectivity index is 1.73. The van der Waals surface area contributed by atoms with Gasteiger partial charge >= 0.3 is 6.03 Å². The number of carbonyl (C=O) groups is 2. The summed E-state index contributed by atoms with van der Waals surface area (Å²) in [6.07, 6.45) is 1.32. The lowest BCUT2D eigenvalue weighted by Gasteiger charge is -2.20. The monoisotopic (exact) mass is 414 g/mol. The number of nitrogens with zero attached hydrogens (tertiary/aromatic N) is 1. The summed E-state index contributed by atoms with van der Waals surface area (Å²) >= 11 is 0. The first-order valence-corrected chi connectivity index (χ1v) is 10.3. The number of amides is 3. The second kappa shape index (κ2) is 12.6. The number of hydrogen-bond acceptors (Lipinski definition) is 3. The molecule has 0 spiro atoms. The van der Waals surface area contributed by atoms with Crippen LogP contribution in [0.5, 0.6) is 0 Å². The van der Waals surface area contributed by atoms with Crippen molar-refractivity contribution in [1.29, 1.82) is 0 Å². The van der Waals surface area contributed by atoms with Crippen molar-refractivity contribution in [2.75, 3.05) is 20.1 Å². The summed E-state index contributed by atoms with van der Waals surface area (Å²) in [4.78, 5) is 26.8. The van der Waals surface area contributed by atoms with Crippen LogP contribution in [0.4, 0.5) is 9.18 Å². The zero-order valence-corrected chi connectivity index (χ0v) is 17.7. The van der Waals surface area contributed by atoms with Crippen molar-refractivity contribution in [2.45, 2.75) is 38.9 Å². The molecule has 0 fully saturated rings. The third-order valence-corrected chi connectivity index (χ3v) is 4.65. The number of rotatable bonds is 11. The number of likely N-dealkylation sites (N-methyl/N-ethyl adjacent to an activating group) is 1. The predicted octanol–water partition coefficient (Wildman–Crippen LogP) is 3.04. The molecule has 0 bridgehead atoms. The molecule has 1 atom stereocenters. The molecule has 0 aliphatic carbocycles. The van der Waals surface area contributed by atoms with E-state index in [2.05, 4.69) is 33.0 Å². The van der Waals surface area contributed by atoms with Crippen LogP contribution in [0.3, 0.4) is 0 Å². The Kier molecular flexibility index (Phi) is 9.80. The van der Waals surface area contributed by atoms with Crippen molar-refractivity contribution in [3.8, 4) is 0 Å². The van der Waals surface area contributed by atoms with Crippen molar-refractivity contribution >= 4 is 11.9 Å². The summed E-state index contributed by atoms with van der Waals surface area (Å²) in [6.45, 7) is 4.24. The van der Waals surface area contributed by atoms with Crippen LogP contribution in [0.15, 0.2) is 54.6 Å². The summed E-state index contributed by atoms with van der Waals surface area (Å²) in [6, 6.07) is 15.0. The van der Waals surface area contributed by atoms with Gasteiger partial charge in [0.15, 0.2) is 0 Å². The highest BCUT2D eigenvalue weighted by molar-refractivity contribution is 5.86. The Morgan fingerprint density at radius 1 is 1.00 bits per heavy atom. The van der Waals surface area contributed by atoms with Crippen LogP contribution in [0.2, 0.25) is 0 Å². The molecule has 0 radical (unpaired) electrons. The van der Waals surface area contributed by atoms with E-state index in [4.69, 9.17) is 0 Å². The number of halogens is 1. The quantitative estimate of drug-likeness (QED) is 0.529. The second-order valence-electron chi connectivity index (χ2n) is 7.31. The molecule has 1 unspecified atom stereocenters. The average molecular weight is 415 g/mol. The lowest BCUT2D eigenvalue weighted by molar-refractivity contribution is -0.123. The van der Waals surface area contributed by atoms with Gasteiger partial charge in [0.05, 0.1) is 0 Å². The smallest absolute Gasteiger partial charge is 0.315 e. The van der Waals surface area contributed by atoms with Crippen molar-refractivity contribution < 1.29 is 14.0 Å². The van der Waals surface area contributed by atoms with E-state index in [1.165, 1.54) is 17.7 Å². The lowest BCUT2D eigenvalue weighted by atomic mass is 10.1. The molecule has 2 aromatic rings. The zero-order valence-electron chi connectivity index (χ0n) is 17.7. The highest BCUT2D eigenvalue weighted by Crippen LogP contribution is 2.03. The lowest BCUT2D eigenvalue weighted by Crippen LogP contribution is -2.50. The van der Waals surface area contributed by atoms with Gasteiger partial charge in [0.25, 0.3) is 0 Å². The van der Waals surface area contributed by atoms with E-state index < -0.39 is 12.1 Å². The van der Waals surface area contributed by atoms with E-state index in [9.17, 15) is 14.0 Å². The molecule has 0 saturated carbocycles. The highest BCUT2D eigenvalue weighted by atomic mass is 19.1. The minimum Gasteiger partial charge on any atom is -0.353 e. The second-order valence-corrected chi connectivity index (χ2v) is 7.31. The first kappa shape index (κ1) is 23.3. The molecular weight excluding hydrogens is 383 g/mol. The van der Waals surface area contributed by atoms with Crippen molar-refractivity contribution in [2.24, 2.45) is 0 Å². The first-order chi connectivity index (χ1) is 14.5. The van der Waals surface area contributed by atoms with Crippen molar-refractivity contribution in [3.05, 3.63) is 71.5 Å². The molecule has 0 aliphatic rings. The van der Waals surface area contributed by atoms with Crippen LogP contribution in [-0.4, -0.2) is 43.0 Å². The van der Waals surface area contributed by atoms with Crippen LogP contribution >= 0.6 is 0 Å². The molecular formula is C23H31FN4O2. The molecule has 0 heterocycles. The topological polar surface area (TPSA) is 73.5 Å². The van der Waals surface area contributed by atoms with Gasteiger partial charge in [-0.15, -0.1) is 0 Å². The van der Waals surface area contributed by atoms with Crippen LogP contribution < -0.4 is 16.0 Å². The summed E-state index contributed by atoms with van der Waals surface area (Å²) in [7, 11) is 2.00. The molecule has 0 aliphatic heterocycles. The van der Waals surface area contributed by atoms with Crippen molar-refractivity contribution in [1.82, 2.24) is 20.9 Å². The molecule has 0 aromatic heterocycles. The molecule has 3 amide bonds. The van der Waals surface area contributed by atoms with Gasteiger partial charge in [-0.25, -0.2) is 9.18 Å². The third-order valence-electron chi connectivity index (χ3n) is 4.65. The van der Waals surface area contributed by atoms with Gasteiger partial charge in [-0.05, 0) is 36.7 Å². The van der Waals surface area contributed by atoms with E-state index in [1.807, 2.05) is 32.2 Å². The molecule has 3 N–H and O–H groups in total. The van der Waals surface area contributed by atoms with Gasteiger partial charge in [-0.1, -0.05) is 55.8 Å². The number of benzene rings is 2. The predicted molar refractivity (Wildman–Crippen MR) is 116 cm³/mol. The maximum absolute atomic E-state index is 12.9. The number of urea groups is 1. The number of carbonyl (C=O) groups excluding carboxylic acids is 2. The van der Waals surface area contributed by atoms with E-state index in [-0.39, 0.29) is 18.3 Å². The molecule has 7 heteroatoms. The normalized spacial score (nSPS) is 11.7. The molecule has 0 saturated heterocycles. The highest BCUT2D eigenvalue weighted by Gasteiger charge is 2.19. The maximum atomic E-state index is 12.9. The minimum atomic E-state index is -0.595. The zero-order chi connectivity index (χ0) is 21.8. The number of nitrogens with one attached hydrogen (secondary N) is 3. The van der Waals surface area contributed by atoms with Crippen molar-refractivity contribution in [3.63, 3.8) is 0 Å². The fourth-order valence-electron chi connectivity index (χ4n) is 3.02. The third kappa shape index (κ3) is 8.61. The summed E-state index contributed by atoms with van der Waals surface area (Å²) in [5.41, 5.74) is 2.00. The van der Waals surface area contributed by atoms with E-state index in [1.54, 1.807) is 12.1 Å². The Bertz CT molecular complexity index is 784. The van der Waals surface area contributed by atoms with E-state index >= 15 is 0 Å². The summed E-state index contributed by atoms with van der Waals surface area (Å²) < 4.78 is 12.9. The average Bonchev–Trinajstić information content (AvgIpc) is 2.73. The van der Waals surface area contributed by atoms with Gasteiger partial charge in [-0.3, -0.25) is 4.79 Å². The molecule has 6 nitrogen and oxygen atoms in total. The summed E-state index contributed by atoms with van der Waals surface area (Å²) in [5, 5.41) is 8.34. The van der Waals surface area contributed by atoms with Gasteiger partial charge < -0.3 is 20.9 Å². The van der Waals surface area contributed by atoms with E-state index in [0.29, 0.717) is 19.5 Å². The Labute approximate surface area is 177 Å². The first-order valence-electron chi connectivity index (χ1n) is 10.3. The van der Waals surface area contributed by atoms with Gasteiger partial charge in [0, 0.05) is 26.2 Å². The molecule has 30 heavy (non-hydrogen) atoms. The van der Waals surface area contributed by atoms with Crippen LogP contribution in [-0.2, 0) is 17.9 Å². The van der Waals surface area contributed by atoms with Crippen LogP contribution in [0, 0.1) is 5.82 Å². The Morgan fingerprint density at radius 3 is 2.37 bits per heavy atom. The Morgan fingerprint density at radius 2 is 1.70 bits per heavy atom. The molecule has 2 rings (SSSR count).